The molecule has 0 saturated carbocycles. The van der Waals surface area contributed by atoms with Gasteiger partial charge in [-0.2, -0.15) is 0 Å². The zero-order valence-corrected chi connectivity index (χ0v) is 15.1. The van der Waals surface area contributed by atoms with Crippen molar-refractivity contribution in [2.24, 2.45) is 0 Å². The molecule has 6 nitrogen and oxygen atoms in total. The molecule has 2 amide bonds. The molecule has 0 bridgehead atoms. The Kier molecular flexibility index (Phi) is 4.60. The summed E-state index contributed by atoms with van der Waals surface area (Å²) in [5.74, 6) is -0.805. The molecule has 0 aliphatic rings. The standard InChI is InChI=1S/C22H17N3O3/c1-14-17-9-2-3-10-18(17)28-21(14)22(27)25-24-19(26)12-11-16-7-4-6-15-8-5-13-23-20(15)16/h2-13H,1H3,(H,24,26)(H,25,27)/b12-11+. The Morgan fingerprint density at radius 2 is 1.82 bits per heavy atom. The van der Waals surface area contributed by atoms with Crippen LogP contribution >= 0.6 is 0 Å². The second kappa shape index (κ2) is 7.36. The molecule has 0 unspecified atom stereocenters. The molecule has 6 heteroatoms. The minimum atomic E-state index is -0.512. The van der Waals surface area contributed by atoms with E-state index in [9.17, 15) is 9.59 Å². The molecule has 4 rings (SSSR count). The quantitative estimate of drug-likeness (QED) is 0.424. The first-order chi connectivity index (χ1) is 13.6. The highest BCUT2D eigenvalue weighted by molar-refractivity contribution is 6.01. The van der Waals surface area contributed by atoms with Gasteiger partial charge in [0.05, 0.1) is 5.52 Å². The predicted octanol–water partition coefficient (Wildman–Crippen LogP) is 3.76. The van der Waals surface area contributed by atoms with Crippen LogP contribution in [0.1, 0.15) is 21.7 Å². The molecule has 0 atom stereocenters. The van der Waals surface area contributed by atoms with E-state index in [0.717, 1.165) is 27.4 Å². The number of nitrogens with one attached hydrogen (secondary N) is 2. The number of furan rings is 1. The number of fused-ring (bicyclic) bond motifs is 2. The maximum Gasteiger partial charge on any atom is 0.305 e. The average molecular weight is 371 g/mol. The van der Waals surface area contributed by atoms with Crippen LogP contribution in [-0.4, -0.2) is 16.8 Å². The molecule has 0 radical (unpaired) electrons. The van der Waals surface area contributed by atoms with Gasteiger partial charge >= 0.3 is 5.91 Å². The van der Waals surface area contributed by atoms with E-state index in [-0.39, 0.29) is 5.76 Å². The van der Waals surface area contributed by atoms with Gasteiger partial charge in [0.2, 0.25) is 0 Å². The Bertz CT molecular complexity index is 1220. The number of amides is 2. The molecule has 138 valence electrons. The Morgan fingerprint density at radius 1 is 1.00 bits per heavy atom. The number of para-hydroxylation sites is 2. The highest BCUT2D eigenvalue weighted by atomic mass is 16.3. The number of aryl methyl sites for hydroxylation is 1. The third-order valence-electron chi connectivity index (χ3n) is 4.43. The van der Waals surface area contributed by atoms with E-state index < -0.39 is 11.8 Å². The largest absolute Gasteiger partial charge is 0.451 e. The van der Waals surface area contributed by atoms with Gasteiger partial charge in [0, 0.05) is 34.2 Å². The Balaban J connectivity index is 1.44. The molecule has 0 aliphatic carbocycles. The molecule has 0 spiro atoms. The maximum absolute atomic E-state index is 12.3. The van der Waals surface area contributed by atoms with Crippen LogP contribution in [0, 0.1) is 6.92 Å². The van der Waals surface area contributed by atoms with Crippen LogP contribution < -0.4 is 10.9 Å². The van der Waals surface area contributed by atoms with E-state index >= 15 is 0 Å². The van der Waals surface area contributed by atoms with E-state index in [4.69, 9.17) is 4.42 Å². The fourth-order valence-electron chi connectivity index (χ4n) is 3.04. The maximum atomic E-state index is 12.3. The van der Waals surface area contributed by atoms with Crippen molar-refractivity contribution in [3.8, 4) is 0 Å². The van der Waals surface area contributed by atoms with Crippen molar-refractivity contribution >= 4 is 39.8 Å². The van der Waals surface area contributed by atoms with E-state index in [1.54, 1.807) is 25.3 Å². The van der Waals surface area contributed by atoms with Crippen molar-refractivity contribution in [1.29, 1.82) is 0 Å². The Hall–Kier alpha value is -3.93. The number of nitrogens with zero attached hydrogens (tertiary/aromatic N) is 1. The number of benzene rings is 2. The first kappa shape index (κ1) is 17.5. The lowest BCUT2D eigenvalue weighted by atomic mass is 10.1. The summed E-state index contributed by atoms with van der Waals surface area (Å²) in [6, 6.07) is 16.9. The van der Waals surface area contributed by atoms with Gasteiger partial charge in [0.1, 0.15) is 5.58 Å². The summed E-state index contributed by atoms with van der Waals surface area (Å²) in [6.07, 6.45) is 4.70. The number of pyridine rings is 1. The molecule has 28 heavy (non-hydrogen) atoms. The van der Waals surface area contributed by atoms with Gasteiger partial charge in [-0.1, -0.05) is 42.5 Å². The zero-order chi connectivity index (χ0) is 19.5. The lowest BCUT2D eigenvalue weighted by molar-refractivity contribution is -0.117. The summed E-state index contributed by atoms with van der Waals surface area (Å²) in [4.78, 5) is 28.8. The Labute approximate surface area is 160 Å². The normalized spacial score (nSPS) is 11.2. The van der Waals surface area contributed by atoms with Crippen LogP contribution in [0.2, 0.25) is 0 Å². The predicted molar refractivity (Wildman–Crippen MR) is 107 cm³/mol. The summed E-state index contributed by atoms with van der Waals surface area (Å²) in [5.41, 5.74) is 7.70. The molecule has 4 aromatic rings. The summed E-state index contributed by atoms with van der Waals surface area (Å²) in [6.45, 7) is 1.80. The van der Waals surface area contributed by atoms with E-state index in [0.29, 0.717) is 5.58 Å². The van der Waals surface area contributed by atoms with Crippen LogP contribution in [0.3, 0.4) is 0 Å². The van der Waals surface area contributed by atoms with Gasteiger partial charge in [-0.3, -0.25) is 25.4 Å². The SMILES string of the molecule is Cc1c(C(=O)NNC(=O)/C=C/c2cccc3cccnc23)oc2ccccc12. The number of hydrogen-bond acceptors (Lipinski definition) is 4. The minimum absolute atomic E-state index is 0.170. The van der Waals surface area contributed by atoms with Gasteiger partial charge in [-0.25, -0.2) is 0 Å². The molecule has 0 fully saturated rings. The molecular formula is C22H17N3O3. The lowest BCUT2D eigenvalue weighted by Gasteiger charge is -2.04. The zero-order valence-electron chi connectivity index (χ0n) is 15.1. The molecule has 2 aromatic carbocycles. The third-order valence-corrected chi connectivity index (χ3v) is 4.43. The number of carbonyl (C=O) groups excluding carboxylic acids is 2. The average Bonchev–Trinajstić information content (AvgIpc) is 3.07. The lowest BCUT2D eigenvalue weighted by Crippen LogP contribution is -2.40. The fourth-order valence-corrected chi connectivity index (χ4v) is 3.04. The van der Waals surface area contributed by atoms with Crippen molar-refractivity contribution in [3.63, 3.8) is 0 Å². The van der Waals surface area contributed by atoms with E-state index in [1.807, 2.05) is 48.5 Å². The number of carbonyl (C=O) groups is 2. The molecule has 2 aromatic heterocycles. The second-order valence-electron chi connectivity index (χ2n) is 6.25. The van der Waals surface area contributed by atoms with Gasteiger partial charge in [0.25, 0.3) is 5.91 Å². The van der Waals surface area contributed by atoms with Crippen LogP contribution in [0.15, 0.2) is 71.3 Å². The summed E-state index contributed by atoms with van der Waals surface area (Å²) in [5, 5.41) is 1.85. The van der Waals surface area contributed by atoms with Crippen molar-refractivity contribution in [3.05, 3.63) is 83.8 Å². The van der Waals surface area contributed by atoms with Crippen molar-refractivity contribution < 1.29 is 14.0 Å². The van der Waals surface area contributed by atoms with E-state index in [2.05, 4.69) is 15.8 Å². The molecule has 0 aliphatic heterocycles. The van der Waals surface area contributed by atoms with Crippen LogP contribution in [0.4, 0.5) is 0 Å². The van der Waals surface area contributed by atoms with Crippen LogP contribution in [-0.2, 0) is 4.79 Å². The van der Waals surface area contributed by atoms with Crippen LogP contribution in [0.5, 0.6) is 0 Å². The van der Waals surface area contributed by atoms with Crippen molar-refractivity contribution in [1.82, 2.24) is 15.8 Å². The number of rotatable bonds is 3. The highest BCUT2D eigenvalue weighted by Crippen LogP contribution is 2.24. The highest BCUT2D eigenvalue weighted by Gasteiger charge is 2.17. The van der Waals surface area contributed by atoms with Gasteiger partial charge in [0.15, 0.2) is 5.76 Å². The van der Waals surface area contributed by atoms with Crippen molar-refractivity contribution in [2.45, 2.75) is 6.92 Å². The number of aromatic nitrogens is 1. The minimum Gasteiger partial charge on any atom is -0.451 e. The van der Waals surface area contributed by atoms with E-state index in [1.165, 1.54) is 6.08 Å². The summed E-state index contributed by atoms with van der Waals surface area (Å²) in [7, 11) is 0. The summed E-state index contributed by atoms with van der Waals surface area (Å²) >= 11 is 0. The molecule has 2 heterocycles. The van der Waals surface area contributed by atoms with Gasteiger partial charge in [-0.15, -0.1) is 0 Å². The summed E-state index contributed by atoms with van der Waals surface area (Å²) < 4.78 is 5.58. The van der Waals surface area contributed by atoms with Gasteiger partial charge < -0.3 is 4.42 Å². The fraction of sp³-hybridized carbons (Fsp3) is 0.0455. The monoisotopic (exact) mass is 371 g/mol. The first-order valence-electron chi connectivity index (χ1n) is 8.74. The smallest absolute Gasteiger partial charge is 0.305 e. The van der Waals surface area contributed by atoms with Crippen molar-refractivity contribution in [2.75, 3.05) is 0 Å². The molecule has 2 N–H and O–H groups in total. The molecule has 0 saturated heterocycles. The Morgan fingerprint density at radius 3 is 2.68 bits per heavy atom. The number of hydrazine groups is 1. The van der Waals surface area contributed by atoms with Crippen LogP contribution in [0.25, 0.3) is 27.9 Å². The number of hydrogen-bond donors (Lipinski definition) is 2. The topological polar surface area (TPSA) is 84.2 Å². The van der Waals surface area contributed by atoms with Gasteiger partial charge in [-0.05, 0) is 25.1 Å². The molecular weight excluding hydrogens is 354 g/mol. The second-order valence-corrected chi connectivity index (χ2v) is 6.25. The first-order valence-corrected chi connectivity index (χ1v) is 8.74. The third kappa shape index (κ3) is 3.35.